The average Bonchev–Trinajstić information content (AvgIpc) is 2.60. The lowest BCUT2D eigenvalue weighted by atomic mass is 10.1. The Morgan fingerprint density at radius 1 is 1.33 bits per heavy atom. The Balaban J connectivity index is 1.55. The maximum atomic E-state index is 11.2. The predicted molar refractivity (Wildman–Crippen MR) is 90.8 cm³/mol. The smallest absolute Gasteiger partial charge is 0.247 e. The van der Waals surface area contributed by atoms with Crippen molar-refractivity contribution in [3.8, 4) is 5.75 Å². The highest BCUT2D eigenvalue weighted by Gasteiger charge is 2.26. The van der Waals surface area contributed by atoms with Gasteiger partial charge in [0.05, 0.1) is 6.61 Å². The predicted octanol–water partition coefficient (Wildman–Crippen LogP) is 0.766. The summed E-state index contributed by atoms with van der Waals surface area (Å²) in [7, 11) is 0. The van der Waals surface area contributed by atoms with Crippen molar-refractivity contribution in [1.29, 1.82) is 0 Å². The fraction of sp³-hybridized carbons (Fsp3) is 0.389. The third kappa shape index (κ3) is 4.03. The lowest BCUT2D eigenvalue weighted by molar-refractivity contribution is -0.136. The van der Waals surface area contributed by atoms with E-state index >= 15 is 0 Å². The Hall–Kier alpha value is -2.15. The summed E-state index contributed by atoms with van der Waals surface area (Å²) in [5.74, 6) is 0.283. The van der Waals surface area contributed by atoms with Crippen molar-refractivity contribution in [2.24, 2.45) is 5.73 Å². The summed E-state index contributed by atoms with van der Waals surface area (Å²) in [6.45, 7) is 2.10. The summed E-state index contributed by atoms with van der Waals surface area (Å²) in [4.78, 5) is 13.2. The molecule has 24 heavy (non-hydrogen) atoms. The number of rotatable bonds is 6. The number of aliphatic hydroxyl groups excluding tert-OH is 1. The van der Waals surface area contributed by atoms with E-state index in [9.17, 15) is 9.90 Å². The van der Waals surface area contributed by atoms with E-state index in [4.69, 9.17) is 15.2 Å². The molecule has 2 atom stereocenters. The number of nitrogens with two attached hydrogens (primary N) is 1. The van der Waals surface area contributed by atoms with Crippen molar-refractivity contribution in [2.75, 3.05) is 32.8 Å². The van der Waals surface area contributed by atoms with E-state index < -0.39 is 18.1 Å². The van der Waals surface area contributed by atoms with E-state index in [2.05, 4.69) is 0 Å². The normalized spacial score (nSPS) is 20.0. The molecule has 1 amide bonds. The van der Waals surface area contributed by atoms with E-state index in [1.54, 1.807) is 0 Å². The highest BCUT2D eigenvalue weighted by Crippen LogP contribution is 2.25. The Morgan fingerprint density at radius 3 is 2.96 bits per heavy atom. The standard InChI is InChI=1S/C18H22N2O4/c19-18(22)17-11-20(8-9-23-17)10-14(21)12-24-16-7-3-5-13-4-1-2-6-15(13)16/h1-7,14,17,21H,8-12H2,(H2,19,22)/t14-,17-/m0/s1. The van der Waals surface area contributed by atoms with Crippen molar-refractivity contribution in [1.82, 2.24) is 4.90 Å². The van der Waals surface area contributed by atoms with Crippen LogP contribution in [0, 0.1) is 0 Å². The molecular formula is C18H22N2O4. The molecule has 1 aliphatic rings. The second-order valence-electron chi connectivity index (χ2n) is 5.96. The van der Waals surface area contributed by atoms with Crippen molar-refractivity contribution < 1.29 is 19.4 Å². The van der Waals surface area contributed by atoms with Crippen LogP contribution in [0.4, 0.5) is 0 Å². The van der Waals surface area contributed by atoms with E-state index in [0.29, 0.717) is 26.2 Å². The first-order valence-electron chi connectivity index (χ1n) is 8.05. The van der Waals surface area contributed by atoms with Gasteiger partial charge < -0.3 is 20.3 Å². The van der Waals surface area contributed by atoms with Crippen molar-refractivity contribution in [3.05, 3.63) is 42.5 Å². The lowest BCUT2D eigenvalue weighted by Crippen LogP contribution is -2.50. The van der Waals surface area contributed by atoms with Crippen LogP contribution in [0.5, 0.6) is 5.75 Å². The third-order valence-corrected chi connectivity index (χ3v) is 4.12. The number of β-amino-alcohol motifs (C(OH)–C–C–N with tert-alkyl or cyclic N) is 1. The molecule has 0 saturated carbocycles. The molecule has 1 heterocycles. The van der Waals surface area contributed by atoms with Gasteiger partial charge >= 0.3 is 0 Å². The van der Waals surface area contributed by atoms with E-state index in [-0.39, 0.29) is 6.61 Å². The molecule has 1 aliphatic heterocycles. The molecule has 2 aromatic carbocycles. The first-order chi connectivity index (χ1) is 11.6. The monoisotopic (exact) mass is 330 g/mol. The molecule has 0 spiro atoms. The zero-order valence-electron chi connectivity index (χ0n) is 13.4. The van der Waals surface area contributed by atoms with Crippen LogP contribution >= 0.6 is 0 Å². The van der Waals surface area contributed by atoms with Crippen LogP contribution in [0.3, 0.4) is 0 Å². The summed E-state index contributed by atoms with van der Waals surface area (Å²) in [5, 5.41) is 12.4. The minimum Gasteiger partial charge on any atom is -0.490 e. The first kappa shape index (κ1) is 16.7. The topological polar surface area (TPSA) is 85.0 Å². The van der Waals surface area contributed by atoms with Gasteiger partial charge in [0.1, 0.15) is 24.6 Å². The molecule has 128 valence electrons. The van der Waals surface area contributed by atoms with Crippen molar-refractivity contribution in [2.45, 2.75) is 12.2 Å². The summed E-state index contributed by atoms with van der Waals surface area (Å²) in [6.07, 6.45) is -1.26. The summed E-state index contributed by atoms with van der Waals surface area (Å²) < 4.78 is 11.1. The molecule has 0 aliphatic carbocycles. The van der Waals surface area contributed by atoms with Crippen LogP contribution in [-0.4, -0.2) is 61.0 Å². The Kier molecular flexibility index (Phi) is 5.30. The molecule has 0 aromatic heterocycles. The quantitative estimate of drug-likeness (QED) is 0.817. The number of carbonyl (C=O) groups excluding carboxylic acids is 1. The van der Waals surface area contributed by atoms with Crippen LogP contribution in [0.25, 0.3) is 10.8 Å². The Morgan fingerprint density at radius 2 is 2.12 bits per heavy atom. The van der Waals surface area contributed by atoms with Gasteiger partial charge in [-0.2, -0.15) is 0 Å². The second-order valence-corrected chi connectivity index (χ2v) is 5.96. The molecule has 1 fully saturated rings. The van der Waals surface area contributed by atoms with Crippen LogP contribution < -0.4 is 10.5 Å². The van der Waals surface area contributed by atoms with Gasteiger partial charge in [-0.15, -0.1) is 0 Å². The van der Waals surface area contributed by atoms with Gasteiger partial charge in [0.25, 0.3) is 0 Å². The molecule has 3 rings (SSSR count). The molecule has 2 aromatic rings. The van der Waals surface area contributed by atoms with Crippen molar-refractivity contribution in [3.63, 3.8) is 0 Å². The number of benzene rings is 2. The number of morpholine rings is 1. The number of amides is 1. The number of aliphatic hydroxyl groups is 1. The molecule has 0 bridgehead atoms. The number of nitrogens with zero attached hydrogens (tertiary/aromatic N) is 1. The summed E-state index contributed by atoms with van der Waals surface area (Å²) >= 11 is 0. The molecule has 0 radical (unpaired) electrons. The van der Waals surface area contributed by atoms with Crippen LogP contribution in [0.15, 0.2) is 42.5 Å². The highest BCUT2D eigenvalue weighted by molar-refractivity contribution is 5.88. The maximum Gasteiger partial charge on any atom is 0.247 e. The third-order valence-electron chi connectivity index (χ3n) is 4.12. The molecule has 6 nitrogen and oxygen atoms in total. The molecule has 1 saturated heterocycles. The van der Waals surface area contributed by atoms with Gasteiger partial charge in [0.2, 0.25) is 5.91 Å². The van der Waals surface area contributed by atoms with Crippen LogP contribution in [0.1, 0.15) is 0 Å². The first-order valence-corrected chi connectivity index (χ1v) is 8.05. The van der Waals surface area contributed by atoms with Crippen LogP contribution in [-0.2, 0) is 9.53 Å². The fourth-order valence-corrected chi connectivity index (χ4v) is 2.90. The summed E-state index contributed by atoms with van der Waals surface area (Å²) in [5.41, 5.74) is 5.27. The highest BCUT2D eigenvalue weighted by atomic mass is 16.5. The summed E-state index contributed by atoms with van der Waals surface area (Å²) in [6, 6.07) is 13.8. The Labute approximate surface area is 140 Å². The minimum atomic E-state index is -0.657. The lowest BCUT2D eigenvalue weighted by Gasteiger charge is -2.32. The van der Waals surface area contributed by atoms with Gasteiger partial charge in [0.15, 0.2) is 0 Å². The Bertz CT molecular complexity index is 701. The SMILES string of the molecule is NC(=O)[C@@H]1CN(C[C@H](O)COc2cccc3ccccc23)CCO1. The number of fused-ring (bicyclic) bond motifs is 1. The number of ether oxygens (including phenoxy) is 2. The van der Waals surface area contributed by atoms with E-state index in [0.717, 1.165) is 16.5 Å². The molecular weight excluding hydrogens is 308 g/mol. The van der Waals surface area contributed by atoms with Gasteiger partial charge in [-0.1, -0.05) is 36.4 Å². The van der Waals surface area contributed by atoms with Crippen LogP contribution in [0.2, 0.25) is 0 Å². The van der Waals surface area contributed by atoms with Crippen molar-refractivity contribution >= 4 is 16.7 Å². The van der Waals surface area contributed by atoms with E-state index in [1.807, 2.05) is 47.4 Å². The van der Waals surface area contributed by atoms with Gasteiger partial charge in [-0.05, 0) is 11.5 Å². The fourth-order valence-electron chi connectivity index (χ4n) is 2.90. The zero-order valence-corrected chi connectivity index (χ0v) is 13.4. The second kappa shape index (κ2) is 7.61. The van der Waals surface area contributed by atoms with Gasteiger partial charge in [-0.25, -0.2) is 0 Å². The number of carbonyl (C=O) groups is 1. The molecule has 3 N–H and O–H groups in total. The van der Waals surface area contributed by atoms with E-state index in [1.165, 1.54) is 0 Å². The number of hydrogen-bond acceptors (Lipinski definition) is 5. The maximum absolute atomic E-state index is 11.2. The average molecular weight is 330 g/mol. The van der Waals surface area contributed by atoms with Gasteiger partial charge in [0, 0.05) is 25.0 Å². The zero-order chi connectivity index (χ0) is 16.9. The van der Waals surface area contributed by atoms with Gasteiger partial charge in [-0.3, -0.25) is 9.69 Å². The minimum absolute atomic E-state index is 0.187. The molecule has 0 unspecified atom stereocenters. The molecule has 6 heteroatoms. The largest absolute Gasteiger partial charge is 0.490 e. The number of hydrogen-bond donors (Lipinski definition) is 2. The number of primary amides is 1.